The number of nitrogens with zero attached hydrogens (tertiary/aromatic N) is 2. The molecule has 2 aromatic rings. The summed E-state index contributed by atoms with van der Waals surface area (Å²) in [5.41, 5.74) is 0.797. The summed E-state index contributed by atoms with van der Waals surface area (Å²) in [6.07, 6.45) is 0.929. The van der Waals surface area contributed by atoms with Crippen LogP contribution in [0, 0.1) is 6.92 Å². The average molecular weight is 285 g/mol. The summed E-state index contributed by atoms with van der Waals surface area (Å²) in [6.45, 7) is 1.85. The summed E-state index contributed by atoms with van der Waals surface area (Å²) >= 11 is 0. The zero-order valence-electron chi connectivity index (χ0n) is 11.5. The van der Waals surface area contributed by atoms with E-state index in [1.807, 2.05) is 37.3 Å². The number of aromatic nitrogens is 2. The SMILES string of the molecule is Cc1cc(C(=O)NC2(C(=O)O)CC2)nn1-c1ccccc1. The quantitative estimate of drug-likeness (QED) is 0.892. The second-order valence-corrected chi connectivity index (χ2v) is 5.26. The molecule has 0 aliphatic heterocycles. The minimum atomic E-state index is -1.10. The largest absolute Gasteiger partial charge is 0.480 e. The Labute approximate surface area is 121 Å². The first-order chi connectivity index (χ1) is 10.0. The number of hydrogen-bond donors (Lipinski definition) is 2. The molecule has 1 aromatic heterocycles. The highest BCUT2D eigenvalue weighted by atomic mass is 16.4. The van der Waals surface area contributed by atoms with Gasteiger partial charge in [0.15, 0.2) is 5.69 Å². The Morgan fingerprint density at radius 1 is 1.29 bits per heavy atom. The molecular weight excluding hydrogens is 270 g/mol. The van der Waals surface area contributed by atoms with Gasteiger partial charge in [-0.05, 0) is 38.0 Å². The fourth-order valence-corrected chi connectivity index (χ4v) is 2.21. The molecule has 6 heteroatoms. The maximum absolute atomic E-state index is 12.2. The van der Waals surface area contributed by atoms with Gasteiger partial charge in [-0.15, -0.1) is 0 Å². The Kier molecular flexibility index (Phi) is 3.01. The molecule has 1 aliphatic rings. The van der Waals surface area contributed by atoms with Crippen molar-refractivity contribution < 1.29 is 14.7 Å². The van der Waals surface area contributed by atoms with Crippen molar-refractivity contribution in [1.82, 2.24) is 15.1 Å². The van der Waals surface area contributed by atoms with Crippen LogP contribution >= 0.6 is 0 Å². The molecule has 1 aromatic carbocycles. The number of para-hydroxylation sites is 1. The molecule has 1 amide bonds. The molecule has 21 heavy (non-hydrogen) atoms. The number of carboxylic acid groups (broad SMARTS) is 1. The highest BCUT2D eigenvalue weighted by Crippen LogP contribution is 2.35. The molecular formula is C15H15N3O3. The zero-order valence-corrected chi connectivity index (χ0v) is 11.5. The Morgan fingerprint density at radius 3 is 2.52 bits per heavy atom. The van der Waals surface area contributed by atoms with Crippen molar-refractivity contribution in [1.29, 1.82) is 0 Å². The molecule has 0 unspecified atom stereocenters. The van der Waals surface area contributed by atoms with Crippen LogP contribution in [-0.4, -0.2) is 32.3 Å². The molecule has 1 saturated carbocycles. The molecule has 6 nitrogen and oxygen atoms in total. The smallest absolute Gasteiger partial charge is 0.329 e. The van der Waals surface area contributed by atoms with Gasteiger partial charge in [0.25, 0.3) is 5.91 Å². The number of carbonyl (C=O) groups is 2. The number of benzene rings is 1. The molecule has 108 valence electrons. The highest BCUT2D eigenvalue weighted by Gasteiger charge is 2.51. The summed E-state index contributed by atoms with van der Waals surface area (Å²) in [7, 11) is 0. The van der Waals surface area contributed by atoms with E-state index in [9.17, 15) is 9.59 Å². The molecule has 1 heterocycles. The lowest BCUT2D eigenvalue weighted by molar-refractivity contribution is -0.140. The summed E-state index contributed by atoms with van der Waals surface area (Å²) in [4.78, 5) is 23.3. The van der Waals surface area contributed by atoms with Gasteiger partial charge in [-0.3, -0.25) is 4.79 Å². The van der Waals surface area contributed by atoms with E-state index in [0.717, 1.165) is 11.4 Å². The van der Waals surface area contributed by atoms with E-state index in [1.54, 1.807) is 10.7 Å². The molecule has 0 saturated heterocycles. The predicted octanol–water partition coefficient (Wildman–Crippen LogP) is 1.53. The maximum atomic E-state index is 12.2. The van der Waals surface area contributed by atoms with E-state index in [2.05, 4.69) is 10.4 Å². The highest BCUT2D eigenvalue weighted by molar-refractivity contribution is 5.97. The summed E-state index contributed by atoms with van der Waals surface area (Å²) < 4.78 is 1.66. The zero-order chi connectivity index (χ0) is 15.0. The van der Waals surface area contributed by atoms with Crippen LogP contribution in [-0.2, 0) is 4.79 Å². The van der Waals surface area contributed by atoms with Gasteiger partial charge in [0.2, 0.25) is 0 Å². The van der Waals surface area contributed by atoms with Gasteiger partial charge in [-0.2, -0.15) is 5.10 Å². The van der Waals surface area contributed by atoms with Gasteiger partial charge in [0, 0.05) is 5.69 Å². The number of aliphatic carboxylic acids is 1. The topological polar surface area (TPSA) is 84.2 Å². The predicted molar refractivity (Wildman–Crippen MR) is 75.4 cm³/mol. The van der Waals surface area contributed by atoms with E-state index < -0.39 is 17.4 Å². The van der Waals surface area contributed by atoms with Crippen LogP contribution in [0.4, 0.5) is 0 Å². The van der Waals surface area contributed by atoms with Crippen LogP contribution in [0.3, 0.4) is 0 Å². The van der Waals surface area contributed by atoms with Crippen molar-refractivity contribution >= 4 is 11.9 Å². The average Bonchev–Trinajstić information content (AvgIpc) is 3.15. The minimum absolute atomic E-state index is 0.226. The van der Waals surface area contributed by atoms with Crippen molar-refractivity contribution in [2.24, 2.45) is 0 Å². The number of hydrogen-bond acceptors (Lipinski definition) is 3. The van der Waals surface area contributed by atoms with Crippen molar-refractivity contribution in [2.45, 2.75) is 25.3 Å². The van der Waals surface area contributed by atoms with Crippen molar-refractivity contribution in [3.05, 3.63) is 47.8 Å². The summed E-state index contributed by atoms with van der Waals surface area (Å²) in [5.74, 6) is -1.44. The van der Waals surface area contributed by atoms with Gasteiger partial charge >= 0.3 is 5.97 Å². The Morgan fingerprint density at radius 2 is 1.95 bits per heavy atom. The molecule has 1 fully saturated rings. The number of carbonyl (C=O) groups excluding carboxylic acids is 1. The van der Waals surface area contributed by atoms with Crippen LogP contribution in [0.5, 0.6) is 0 Å². The van der Waals surface area contributed by atoms with Gasteiger partial charge in [-0.25, -0.2) is 9.48 Å². The molecule has 0 atom stereocenters. The maximum Gasteiger partial charge on any atom is 0.329 e. The number of aryl methyl sites for hydroxylation is 1. The number of carboxylic acids is 1. The van der Waals surface area contributed by atoms with Crippen molar-refractivity contribution in [3.8, 4) is 5.69 Å². The monoisotopic (exact) mass is 285 g/mol. The minimum Gasteiger partial charge on any atom is -0.480 e. The molecule has 1 aliphatic carbocycles. The van der Waals surface area contributed by atoms with Gasteiger partial charge in [0.05, 0.1) is 5.69 Å². The third kappa shape index (κ3) is 2.40. The third-order valence-electron chi connectivity index (χ3n) is 3.63. The van der Waals surface area contributed by atoms with E-state index in [4.69, 9.17) is 5.11 Å². The fraction of sp³-hybridized carbons (Fsp3) is 0.267. The first-order valence-corrected chi connectivity index (χ1v) is 6.70. The second kappa shape index (κ2) is 4.73. The first kappa shape index (κ1) is 13.4. The lowest BCUT2D eigenvalue weighted by Crippen LogP contribution is -2.43. The molecule has 0 radical (unpaired) electrons. The lowest BCUT2D eigenvalue weighted by atomic mass is 10.2. The summed E-state index contributed by atoms with van der Waals surface area (Å²) in [6, 6.07) is 11.1. The van der Waals surface area contributed by atoms with E-state index in [0.29, 0.717) is 12.8 Å². The van der Waals surface area contributed by atoms with E-state index in [1.165, 1.54) is 0 Å². The van der Waals surface area contributed by atoms with Crippen molar-refractivity contribution in [3.63, 3.8) is 0 Å². The molecule has 0 bridgehead atoms. The fourth-order valence-electron chi connectivity index (χ4n) is 2.21. The standard InChI is InChI=1S/C15H15N3O3/c1-10-9-12(13(19)16-15(7-8-15)14(20)21)17-18(10)11-5-3-2-4-6-11/h2-6,9H,7-8H2,1H3,(H,16,19)(H,20,21). The molecule has 0 spiro atoms. The number of rotatable bonds is 4. The number of amides is 1. The van der Waals surface area contributed by atoms with Gasteiger partial charge in [-0.1, -0.05) is 18.2 Å². The normalized spacial score (nSPS) is 15.5. The Hall–Kier alpha value is -2.63. The third-order valence-corrected chi connectivity index (χ3v) is 3.63. The van der Waals surface area contributed by atoms with Crippen LogP contribution in [0.15, 0.2) is 36.4 Å². The van der Waals surface area contributed by atoms with Crippen LogP contribution < -0.4 is 5.32 Å². The van der Waals surface area contributed by atoms with E-state index >= 15 is 0 Å². The first-order valence-electron chi connectivity index (χ1n) is 6.70. The lowest BCUT2D eigenvalue weighted by Gasteiger charge is -2.10. The second-order valence-electron chi connectivity index (χ2n) is 5.26. The van der Waals surface area contributed by atoms with Gasteiger partial charge < -0.3 is 10.4 Å². The van der Waals surface area contributed by atoms with E-state index in [-0.39, 0.29) is 5.69 Å². The van der Waals surface area contributed by atoms with Gasteiger partial charge in [0.1, 0.15) is 5.54 Å². The molecule has 2 N–H and O–H groups in total. The van der Waals surface area contributed by atoms with Crippen LogP contribution in [0.25, 0.3) is 5.69 Å². The Balaban J connectivity index is 1.84. The van der Waals surface area contributed by atoms with Crippen molar-refractivity contribution in [2.75, 3.05) is 0 Å². The Bertz CT molecular complexity index is 702. The summed E-state index contributed by atoms with van der Waals surface area (Å²) in [5, 5.41) is 15.9. The molecule has 3 rings (SSSR count). The van der Waals surface area contributed by atoms with Crippen LogP contribution in [0.1, 0.15) is 29.0 Å². The number of nitrogens with one attached hydrogen (secondary N) is 1. The van der Waals surface area contributed by atoms with Crippen LogP contribution in [0.2, 0.25) is 0 Å².